The molecule has 1 aromatic rings. The van der Waals surface area contributed by atoms with Gasteiger partial charge in [-0.05, 0) is 82.4 Å². The van der Waals surface area contributed by atoms with Gasteiger partial charge in [0.1, 0.15) is 5.72 Å². The third kappa shape index (κ3) is 10.5. The molecule has 0 aromatic heterocycles. The van der Waals surface area contributed by atoms with Crippen LogP contribution in [0.25, 0.3) is 0 Å². The normalized spacial score (nSPS) is 19.4. The number of nitrogens with zero attached hydrogens (tertiary/aromatic N) is 1. The van der Waals surface area contributed by atoms with E-state index in [0.29, 0.717) is 44.0 Å². The first-order valence-electron chi connectivity index (χ1n) is 16.0. The Labute approximate surface area is 269 Å². The quantitative estimate of drug-likeness (QED) is 0.189. The average Bonchev–Trinajstić information content (AvgIpc) is 3.20. The fraction of sp³-hybridized carbons (Fsp3) is 0.735. The zero-order chi connectivity index (χ0) is 34.1. The Morgan fingerprint density at radius 3 is 2.27 bits per heavy atom. The van der Waals surface area contributed by atoms with Crippen molar-refractivity contribution in [2.24, 2.45) is 34.8 Å². The summed E-state index contributed by atoms with van der Waals surface area (Å²) in [5.41, 5.74) is 4.60. The Balaban J connectivity index is 2.34. The molecule has 45 heavy (non-hydrogen) atoms. The molecule has 256 valence electrons. The van der Waals surface area contributed by atoms with Gasteiger partial charge in [-0.2, -0.15) is 0 Å². The SMILES string of the molecule is COCCCOc1cc(CC(CC2C(CC(C(=O)NCC(C)(C)C(N)=O)C(C)C)OC(C)(C)N2C(=O)O)C(C)C)ccc1OC. The highest BCUT2D eigenvalue weighted by Crippen LogP contribution is 2.41. The maximum atomic E-state index is 13.4. The number of amides is 3. The molecular weight excluding hydrogens is 578 g/mol. The molecule has 1 saturated heterocycles. The summed E-state index contributed by atoms with van der Waals surface area (Å²) in [4.78, 5) is 39.3. The van der Waals surface area contributed by atoms with Crippen LogP contribution in [0.4, 0.5) is 4.79 Å². The number of methoxy groups -OCH3 is 2. The van der Waals surface area contributed by atoms with Crippen molar-refractivity contribution in [3.8, 4) is 11.5 Å². The van der Waals surface area contributed by atoms with E-state index >= 15 is 0 Å². The van der Waals surface area contributed by atoms with E-state index < -0.39 is 41.2 Å². The zero-order valence-corrected chi connectivity index (χ0v) is 29.0. The molecule has 4 atom stereocenters. The van der Waals surface area contributed by atoms with E-state index in [4.69, 9.17) is 24.7 Å². The van der Waals surface area contributed by atoms with Crippen LogP contribution in [0.1, 0.15) is 80.2 Å². The van der Waals surface area contributed by atoms with Gasteiger partial charge in [-0.25, -0.2) is 4.79 Å². The first-order valence-corrected chi connectivity index (χ1v) is 16.0. The second-order valence-corrected chi connectivity index (χ2v) is 14.0. The number of ether oxygens (including phenoxy) is 4. The van der Waals surface area contributed by atoms with E-state index in [1.165, 1.54) is 4.90 Å². The number of primary amides is 1. The van der Waals surface area contributed by atoms with Crippen LogP contribution in [-0.2, 0) is 25.5 Å². The van der Waals surface area contributed by atoms with Crippen molar-refractivity contribution < 1.29 is 38.4 Å². The molecule has 3 amide bonds. The van der Waals surface area contributed by atoms with Gasteiger partial charge in [-0.15, -0.1) is 0 Å². The smallest absolute Gasteiger partial charge is 0.409 e. The third-order valence-electron chi connectivity index (χ3n) is 8.95. The molecule has 11 heteroatoms. The molecule has 4 unspecified atom stereocenters. The third-order valence-corrected chi connectivity index (χ3v) is 8.95. The summed E-state index contributed by atoms with van der Waals surface area (Å²) in [6.07, 6.45) is 0.778. The van der Waals surface area contributed by atoms with Gasteiger partial charge < -0.3 is 35.1 Å². The summed E-state index contributed by atoms with van der Waals surface area (Å²) in [5, 5.41) is 13.3. The number of nitrogens with two attached hydrogens (primary N) is 1. The van der Waals surface area contributed by atoms with Gasteiger partial charge in [0.2, 0.25) is 11.8 Å². The van der Waals surface area contributed by atoms with Gasteiger partial charge in [0.05, 0.1) is 31.3 Å². The summed E-state index contributed by atoms with van der Waals surface area (Å²) in [6.45, 7) is 16.3. The van der Waals surface area contributed by atoms with Gasteiger partial charge in [0, 0.05) is 32.6 Å². The molecule has 11 nitrogen and oxygen atoms in total. The Morgan fingerprint density at radius 1 is 1.07 bits per heavy atom. The number of carbonyl (C=O) groups excluding carboxylic acids is 2. The molecule has 0 saturated carbocycles. The van der Waals surface area contributed by atoms with Crippen LogP contribution in [-0.4, -0.2) is 79.8 Å². The van der Waals surface area contributed by atoms with Crippen LogP contribution < -0.4 is 20.5 Å². The van der Waals surface area contributed by atoms with Crippen LogP contribution in [0, 0.1) is 29.1 Å². The van der Waals surface area contributed by atoms with E-state index in [9.17, 15) is 19.5 Å². The van der Waals surface area contributed by atoms with Gasteiger partial charge >= 0.3 is 6.09 Å². The minimum absolute atomic E-state index is 0.0459. The minimum Gasteiger partial charge on any atom is -0.493 e. The molecule has 1 aliphatic heterocycles. The lowest BCUT2D eigenvalue weighted by atomic mass is 9.80. The number of hydrogen-bond donors (Lipinski definition) is 3. The lowest BCUT2D eigenvalue weighted by molar-refractivity contribution is -0.131. The highest BCUT2D eigenvalue weighted by Gasteiger charge is 2.51. The molecule has 1 aromatic carbocycles. The number of carboxylic acid groups (broad SMARTS) is 1. The fourth-order valence-electron chi connectivity index (χ4n) is 5.91. The summed E-state index contributed by atoms with van der Waals surface area (Å²) in [6, 6.07) is 5.45. The van der Waals surface area contributed by atoms with Crippen LogP contribution in [0.5, 0.6) is 11.5 Å². The Morgan fingerprint density at radius 2 is 1.73 bits per heavy atom. The molecule has 1 aliphatic rings. The monoisotopic (exact) mass is 635 g/mol. The first kappa shape index (κ1) is 38.1. The van der Waals surface area contributed by atoms with Gasteiger partial charge in [0.15, 0.2) is 11.5 Å². The average molecular weight is 636 g/mol. The van der Waals surface area contributed by atoms with Crippen molar-refractivity contribution in [3.63, 3.8) is 0 Å². The molecule has 0 radical (unpaired) electrons. The highest BCUT2D eigenvalue weighted by molar-refractivity contribution is 5.83. The van der Waals surface area contributed by atoms with E-state index in [1.54, 1.807) is 41.9 Å². The number of benzene rings is 1. The Bertz CT molecular complexity index is 1140. The van der Waals surface area contributed by atoms with E-state index in [-0.39, 0.29) is 30.2 Å². The summed E-state index contributed by atoms with van der Waals surface area (Å²) in [5.74, 6) is 0.450. The number of rotatable bonds is 18. The Hall–Kier alpha value is -3.05. The predicted molar refractivity (Wildman–Crippen MR) is 173 cm³/mol. The van der Waals surface area contributed by atoms with E-state index in [1.807, 2.05) is 32.0 Å². The molecular formula is C34H57N3O8. The highest BCUT2D eigenvalue weighted by atomic mass is 16.6. The lowest BCUT2D eigenvalue weighted by Gasteiger charge is -2.34. The molecule has 1 fully saturated rings. The van der Waals surface area contributed by atoms with E-state index in [0.717, 1.165) is 12.0 Å². The first-order chi connectivity index (χ1) is 20.9. The summed E-state index contributed by atoms with van der Waals surface area (Å²) < 4.78 is 23.1. The maximum Gasteiger partial charge on any atom is 0.409 e. The van der Waals surface area contributed by atoms with Crippen molar-refractivity contribution in [3.05, 3.63) is 23.8 Å². The topological polar surface area (TPSA) is 150 Å². The van der Waals surface area contributed by atoms with Crippen molar-refractivity contribution >= 4 is 17.9 Å². The molecule has 0 aliphatic carbocycles. The summed E-state index contributed by atoms with van der Waals surface area (Å²) in [7, 11) is 3.27. The Kier molecular flexibility index (Phi) is 14.0. The second kappa shape index (κ2) is 16.5. The lowest BCUT2D eigenvalue weighted by Crippen LogP contribution is -2.49. The van der Waals surface area contributed by atoms with Gasteiger partial charge in [-0.1, -0.05) is 33.8 Å². The van der Waals surface area contributed by atoms with Crippen molar-refractivity contribution in [2.45, 2.75) is 98.9 Å². The van der Waals surface area contributed by atoms with E-state index in [2.05, 4.69) is 19.2 Å². The summed E-state index contributed by atoms with van der Waals surface area (Å²) >= 11 is 0. The number of carbonyl (C=O) groups is 3. The van der Waals surface area contributed by atoms with Crippen molar-refractivity contribution in [1.82, 2.24) is 10.2 Å². The maximum absolute atomic E-state index is 13.4. The fourth-order valence-corrected chi connectivity index (χ4v) is 5.91. The van der Waals surface area contributed by atoms with Crippen molar-refractivity contribution in [2.75, 3.05) is 34.0 Å². The number of nitrogens with one attached hydrogen (secondary N) is 1. The zero-order valence-electron chi connectivity index (χ0n) is 29.0. The van der Waals surface area contributed by atoms with Crippen molar-refractivity contribution in [1.29, 1.82) is 0 Å². The largest absolute Gasteiger partial charge is 0.493 e. The van der Waals surface area contributed by atoms with Crippen LogP contribution in [0.2, 0.25) is 0 Å². The molecule has 0 spiro atoms. The molecule has 1 heterocycles. The van der Waals surface area contributed by atoms with Gasteiger partial charge in [0.25, 0.3) is 0 Å². The second-order valence-electron chi connectivity index (χ2n) is 14.0. The van der Waals surface area contributed by atoms with Crippen LogP contribution >= 0.6 is 0 Å². The van der Waals surface area contributed by atoms with Gasteiger partial charge in [-0.3, -0.25) is 14.5 Å². The van der Waals surface area contributed by atoms with Crippen LogP contribution in [0.15, 0.2) is 18.2 Å². The number of hydrogen-bond acceptors (Lipinski definition) is 7. The molecule has 2 rings (SSSR count). The molecule has 0 bridgehead atoms. The van der Waals surface area contributed by atoms with Crippen LogP contribution in [0.3, 0.4) is 0 Å². The predicted octanol–water partition coefficient (Wildman–Crippen LogP) is 5.09. The standard InChI is InChI=1S/C34H57N3O8/c1-21(2)24(16-23-12-13-27(43-10)29(17-23)44-15-11-14-42-9)18-26-28(45-34(7,8)37(26)32(40)41)19-25(22(3)4)30(38)36-20-33(5,6)31(35)39/h12-13,17,21-22,24-26,28H,11,14-16,18-20H2,1-10H3,(H2,35,39)(H,36,38)(H,40,41). The minimum atomic E-state index is -1.07. The molecule has 4 N–H and O–H groups in total.